The number of aromatic nitrogens is 1. The van der Waals surface area contributed by atoms with Crippen molar-refractivity contribution in [2.24, 2.45) is 11.7 Å². The number of rotatable bonds is 2. The van der Waals surface area contributed by atoms with E-state index in [0.717, 1.165) is 5.69 Å². The molecule has 12 heavy (non-hydrogen) atoms. The van der Waals surface area contributed by atoms with E-state index in [9.17, 15) is 0 Å². The summed E-state index contributed by atoms with van der Waals surface area (Å²) in [4.78, 5) is 4.24. The zero-order valence-electron chi connectivity index (χ0n) is 7.91. The molecule has 0 saturated heterocycles. The molecule has 2 N–H and O–H groups in total. The summed E-state index contributed by atoms with van der Waals surface area (Å²) in [6.45, 7) is 6.27. The molecule has 1 heterocycles. The first-order valence-electron chi connectivity index (χ1n) is 4.29. The van der Waals surface area contributed by atoms with Crippen molar-refractivity contribution in [2.75, 3.05) is 0 Å². The van der Waals surface area contributed by atoms with Crippen molar-refractivity contribution in [1.82, 2.24) is 4.98 Å². The molecule has 0 unspecified atom stereocenters. The van der Waals surface area contributed by atoms with Crippen LogP contribution in [-0.2, 0) is 0 Å². The third kappa shape index (κ3) is 2.05. The average Bonchev–Trinajstić information content (AvgIpc) is 2.03. The molecule has 1 rings (SSSR count). The number of nitrogens with two attached hydrogens (primary N) is 1. The Labute approximate surface area is 73.8 Å². The lowest BCUT2D eigenvalue weighted by Crippen LogP contribution is -2.17. The van der Waals surface area contributed by atoms with Gasteiger partial charge in [-0.1, -0.05) is 13.8 Å². The van der Waals surface area contributed by atoms with Gasteiger partial charge in [-0.3, -0.25) is 4.98 Å². The van der Waals surface area contributed by atoms with Crippen molar-refractivity contribution in [3.8, 4) is 0 Å². The molecule has 0 spiro atoms. The summed E-state index contributed by atoms with van der Waals surface area (Å²) >= 11 is 0. The Morgan fingerprint density at radius 1 is 1.42 bits per heavy atom. The minimum Gasteiger partial charge on any atom is -0.322 e. The predicted molar refractivity (Wildman–Crippen MR) is 50.7 cm³/mol. The molecule has 0 aliphatic rings. The minimum atomic E-state index is 0.0601. The predicted octanol–water partition coefficient (Wildman–Crippen LogP) is 2.05. The van der Waals surface area contributed by atoms with Gasteiger partial charge >= 0.3 is 0 Å². The van der Waals surface area contributed by atoms with E-state index in [1.165, 1.54) is 5.56 Å². The van der Waals surface area contributed by atoms with Gasteiger partial charge in [0.25, 0.3) is 0 Å². The van der Waals surface area contributed by atoms with Crippen LogP contribution in [0.4, 0.5) is 0 Å². The Balaban J connectivity index is 2.88. The molecular weight excluding hydrogens is 148 g/mol. The Bertz CT molecular complexity index is 256. The van der Waals surface area contributed by atoms with Crippen LogP contribution in [0.5, 0.6) is 0 Å². The summed E-state index contributed by atoms with van der Waals surface area (Å²) in [6, 6.07) is 4.09. The van der Waals surface area contributed by atoms with Crippen LogP contribution < -0.4 is 5.73 Å². The Hall–Kier alpha value is -0.890. The Morgan fingerprint density at radius 2 is 2.08 bits per heavy atom. The van der Waals surface area contributed by atoms with Crippen LogP contribution in [0.25, 0.3) is 0 Å². The van der Waals surface area contributed by atoms with Gasteiger partial charge in [0.05, 0.1) is 5.69 Å². The van der Waals surface area contributed by atoms with Crippen LogP contribution in [-0.4, -0.2) is 4.98 Å². The number of nitrogens with zero attached hydrogens (tertiary/aromatic N) is 1. The van der Waals surface area contributed by atoms with Crippen molar-refractivity contribution >= 4 is 0 Å². The molecule has 0 radical (unpaired) electrons. The number of hydrogen-bond acceptors (Lipinski definition) is 2. The molecule has 0 fully saturated rings. The monoisotopic (exact) mass is 164 g/mol. The first kappa shape index (κ1) is 9.20. The summed E-state index contributed by atoms with van der Waals surface area (Å²) in [5, 5.41) is 0. The lowest BCUT2D eigenvalue weighted by Gasteiger charge is -2.14. The fourth-order valence-corrected chi connectivity index (χ4v) is 1.08. The molecule has 0 aliphatic heterocycles. The quantitative estimate of drug-likeness (QED) is 0.726. The normalized spacial score (nSPS) is 13.4. The van der Waals surface area contributed by atoms with Gasteiger partial charge < -0.3 is 5.73 Å². The SMILES string of the molecule is Cc1ccnc([C@@H](N)C(C)C)c1. The summed E-state index contributed by atoms with van der Waals surface area (Å²) in [5.74, 6) is 0.444. The second-order valence-corrected chi connectivity index (χ2v) is 3.53. The molecule has 0 aliphatic carbocycles. The third-order valence-corrected chi connectivity index (χ3v) is 2.00. The maximum absolute atomic E-state index is 5.94. The first-order valence-corrected chi connectivity index (χ1v) is 4.29. The molecule has 1 atom stereocenters. The molecule has 1 aromatic rings. The van der Waals surface area contributed by atoms with Gasteiger partial charge in [-0.15, -0.1) is 0 Å². The van der Waals surface area contributed by atoms with E-state index < -0.39 is 0 Å². The number of pyridine rings is 1. The van der Waals surface area contributed by atoms with Gasteiger partial charge in [-0.2, -0.15) is 0 Å². The highest BCUT2D eigenvalue weighted by Crippen LogP contribution is 2.16. The molecule has 1 aromatic heterocycles. The van der Waals surface area contributed by atoms with Crippen molar-refractivity contribution in [3.05, 3.63) is 29.6 Å². The van der Waals surface area contributed by atoms with Crippen molar-refractivity contribution in [3.63, 3.8) is 0 Å². The standard InChI is InChI=1S/C10H16N2/c1-7(2)10(11)9-6-8(3)4-5-12-9/h4-7,10H,11H2,1-3H3/t10-/m0/s1. The van der Waals surface area contributed by atoms with E-state index in [4.69, 9.17) is 5.73 Å². The van der Waals surface area contributed by atoms with E-state index in [1.54, 1.807) is 0 Å². The van der Waals surface area contributed by atoms with Crippen LogP contribution in [0.3, 0.4) is 0 Å². The lowest BCUT2D eigenvalue weighted by atomic mass is 10.0. The van der Waals surface area contributed by atoms with E-state index in [-0.39, 0.29) is 6.04 Å². The fourth-order valence-electron chi connectivity index (χ4n) is 1.08. The zero-order valence-corrected chi connectivity index (χ0v) is 7.91. The van der Waals surface area contributed by atoms with Crippen LogP contribution in [0.15, 0.2) is 18.3 Å². The topological polar surface area (TPSA) is 38.9 Å². The Morgan fingerprint density at radius 3 is 2.58 bits per heavy atom. The van der Waals surface area contributed by atoms with Crippen LogP contribution in [0.1, 0.15) is 31.1 Å². The van der Waals surface area contributed by atoms with E-state index >= 15 is 0 Å². The van der Waals surface area contributed by atoms with Gasteiger partial charge in [0.1, 0.15) is 0 Å². The van der Waals surface area contributed by atoms with Crippen molar-refractivity contribution in [2.45, 2.75) is 26.8 Å². The summed E-state index contributed by atoms with van der Waals surface area (Å²) in [5.41, 5.74) is 8.15. The van der Waals surface area contributed by atoms with Crippen LogP contribution in [0, 0.1) is 12.8 Å². The molecule has 0 bridgehead atoms. The summed E-state index contributed by atoms with van der Waals surface area (Å²) < 4.78 is 0. The fraction of sp³-hybridized carbons (Fsp3) is 0.500. The molecule has 0 amide bonds. The van der Waals surface area contributed by atoms with Gasteiger partial charge in [0, 0.05) is 12.2 Å². The van der Waals surface area contributed by atoms with Crippen LogP contribution in [0.2, 0.25) is 0 Å². The van der Waals surface area contributed by atoms with Crippen molar-refractivity contribution in [1.29, 1.82) is 0 Å². The van der Waals surface area contributed by atoms with Gasteiger partial charge in [-0.05, 0) is 30.5 Å². The number of aryl methyl sites for hydroxylation is 1. The molecule has 0 aromatic carbocycles. The summed E-state index contributed by atoms with van der Waals surface area (Å²) in [6.07, 6.45) is 1.81. The van der Waals surface area contributed by atoms with Gasteiger partial charge in [0.15, 0.2) is 0 Å². The largest absolute Gasteiger partial charge is 0.322 e. The molecule has 2 nitrogen and oxygen atoms in total. The molecule has 66 valence electrons. The number of hydrogen-bond donors (Lipinski definition) is 1. The van der Waals surface area contributed by atoms with Gasteiger partial charge in [0.2, 0.25) is 0 Å². The molecule has 2 heteroatoms. The average molecular weight is 164 g/mol. The lowest BCUT2D eigenvalue weighted by molar-refractivity contribution is 0.503. The third-order valence-electron chi connectivity index (χ3n) is 2.00. The van der Waals surface area contributed by atoms with E-state index in [2.05, 4.69) is 25.8 Å². The van der Waals surface area contributed by atoms with Crippen molar-refractivity contribution < 1.29 is 0 Å². The Kier molecular flexibility index (Phi) is 2.82. The zero-order chi connectivity index (χ0) is 9.14. The first-order chi connectivity index (χ1) is 5.61. The van der Waals surface area contributed by atoms with E-state index in [0.29, 0.717) is 5.92 Å². The van der Waals surface area contributed by atoms with E-state index in [1.807, 2.05) is 18.3 Å². The second-order valence-electron chi connectivity index (χ2n) is 3.53. The second kappa shape index (κ2) is 3.68. The summed E-state index contributed by atoms with van der Waals surface area (Å²) in [7, 11) is 0. The smallest absolute Gasteiger partial charge is 0.0576 e. The molecule has 0 saturated carbocycles. The maximum Gasteiger partial charge on any atom is 0.0576 e. The highest BCUT2D eigenvalue weighted by atomic mass is 14.8. The highest BCUT2D eigenvalue weighted by molar-refractivity contribution is 5.17. The minimum absolute atomic E-state index is 0.0601. The molecular formula is C10H16N2. The maximum atomic E-state index is 5.94. The van der Waals surface area contributed by atoms with Crippen LogP contribution >= 0.6 is 0 Å². The highest BCUT2D eigenvalue weighted by Gasteiger charge is 2.10. The van der Waals surface area contributed by atoms with Gasteiger partial charge in [-0.25, -0.2) is 0 Å².